The number of nitrogens with two attached hydrogens (primary N) is 1. The molecule has 0 radical (unpaired) electrons. The van der Waals surface area contributed by atoms with Crippen LogP contribution >= 0.6 is 24.0 Å². The molecule has 0 bridgehead atoms. The molecule has 0 amide bonds. The number of aliphatic imine (C=N–C) groups is 1. The predicted molar refractivity (Wildman–Crippen MR) is 84.9 cm³/mol. The van der Waals surface area contributed by atoms with E-state index in [1.807, 2.05) is 6.92 Å². The summed E-state index contributed by atoms with van der Waals surface area (Å²) in [5, 5.41) is 3.11. The van der Waals surface area contributed by atoms with Crippen molar-refractivity contribution in [1.82, 2.24) is 10.2 Å². The van der Waals surface area contributed by atoms with Gasteiger partial charge >= 0.3 is 0 Å². The Kier molecular flexibility index (Phi) is 9.16. The van der Waals surface area contributed by atoms with Crippen LogP contribution in [0.5, 0.6) is 0 Å². The summed E-state index contributed by atoms with van der Waals surface area (Å²) in [7, 11) is 0. The Morgan fingerprint density at radius 2 is 2.29 bits per heavy atom. The Balaban J connectivity index is 0.00000256. The summed E-state index contributed by atoms with van der Waals surface area (Å²) in [5.41, 5.74) is 6.72. The molecule has 5 heteroatoms. The minimum Gasteiger partial charge on any atom is -0.370 e. The zero-order valence-corrected chi connectivity index (χ0v) is 12.8. The van der Waals surface area contributed by atoms with Gasteiger partial charge in [0, 0.05) is 26.2 Å². The van der Waals surface area contributed by atoms with Crippen LogP contribution in [-0.4, -0.2) is 43.6 Å². The van der Waals surface area contributed by atoms with E-state index in [-0.39, 0.29) is 24.0 Å². The monoisotopic (exact) mass is 350 g/mol. The summed E-state index contributed by atoms with van der Waals surface area (Å²) in [6, 6.07) is 0. The van der Waals surface area contributed by atoms with Gasteiger partial charge in [-0.1, -0.05) is 24.3 Å². The molecule has 0 fully saturated rings. The first kappa shape index (κ1) is 16.4. The molecule has 17 heavy (non-hydrogen) atoms. The first-order chi connectivity index (χ1) is 7.68. The highest BCUT2D eigenvalue weighted by Crippen LogP contribution is 1.99. The summed E-state index contributed by atoms with van der Waals surface area (Å²) in [4.78, 5) is 6.55. The molecule has 0 saturated carbocycles. The van der Waals surface area contributed by atoms with Gasteiger partial charge in [0.15, 0.2) is 5.96 Å². The lowest BCUT2D eigenvalue weighted by molar-refractivity contribution is 0.303. The van der Waals surface area contributed by atoms with Gasteiger partial charge in [0.25, 0.3) is 0 Å². The molecule has 0 atom stereocenters. The van der Waals surface area contributed by atoms with Gasteiger partial charge in [-0.3, -0.25) is 4.90 Å². The van der Waals surface area contributed by atoms with Crippen LogP contribution in [0, 0.1) is 0 Å². The Morgan fingerprint density at radius 1 is 1.53 bits per heavy atom. The van der Waals surface area contributed by atoms with E-state index in [2.05, 4.69) is 33.9 Å². The maximum absolute atomic E-state index is 5.70. The zero-order chi connectivity index (χ0) is 11.8. The third kappa shape index (κ3) is 8.20. The molecule has 1 aliphatic rings. The quantitative estimate of drug-likeness (QED) is 0.341. The molecular formula is C12H23IN4. The van der Waals surface area contributed by atoms with Crippen molar-refractivity contribution in [2.24, 2.45) is 10.7 Å². The highest BCUT2D eigenvalue weighted by atomic mass is 127. The second kappa shape index (κ2) is 9.47. The van der Waals surface area contributed by atoms with Crippen molar-refractivity contribution in [1.29, 1.82) is 0 Å². The minimum absolute atomic E-state index is 0. The molecule has 1 aliphatic heterocycles. The average Bonchev–Trinajstić information content (AvgIpc) is 2.28. The summed E-state index contributed by atoms with van der Waals surface area (Å²) in [5.74, 6) is 0.510. The second-order valence-electron chi connectivity index (χ2n) is 4.15. The fraction of sp³-hybridized carbons (Fsp3) is 0.583. The molecule has 0 aromatic rings. The summed E-state index contributed by atoms with van der Waals surface area (Å²) < 4.78 is 0. The normalized spacial score (nSPS) is 16.4. The first-order valence-electron chi connectivity index (χ1n) is 5.74. The standard InChI is InChI=1S/C12H22N4.HI/c1-11(2)10-15-12(13)14-6-9-16-7-4-3-5-8-16;/h3-4H,1,5-10H2,2H3,(H3,13,14,15);1H. The van der Waals surface area contributed by atoms with E-state index in [0.717, 1.165) is 38.2 Å². The molecule has 0 spiro atoms. The number of hydrogen-bond donors (Lipinski definition) is 2. The third-order valence-electron chi connectivity index (χ3n) is 2.40. The molecular weight excluding hydrogens is 327 g/mol. The highest BCUT2D eigenvalue weighted by Gasteiger charge is 2.04. The molecule has 1 rings (SSSR count). The Labute approximate surface area is 121 Å². The molecule has 0 aromatic carbocycles. The summed E-state index contributed by atoms with van der Waals surface area (Å²) in [6.07, 6.45) is 5.59. The fourth-order valence-corrected chi connectivity index (χ4v) is 1.51. The van der Waals surface area contributed by atoms with Gasteiger partial charge in [-0.15, -0.1) is 24.0 Å². The van der Waals surface area contributed by atoms with E-state index in [9.17, 15) is 0 Å². The highest BCUT2D eigenvalue weighted by molar-refractivity contribution is 14.0. The fourth-order valence-electron chi connectivity index (χ4n) is 1.51. The number of rotatable bonds is 5. The molecule has 1 heterocycles. The van der Waals surface area contributed by atoms with E-state index in [1.54, 1.807) is 0 Å². The van der Waals surface area contributed by atoms with Gasteiger partial charge in [-0.25, -0.2) is 4.99 Å². The van der Waals surface area contributed by atoms with Gasteiger partial charge in [0.2, 0.25) is 0 Å². The third-order valence-corrected chi connectivity index (χ3v) is 2.40. The maximum Gasteiger partial charge on any atom is 0.188 e. The SMILES string of the molecule is C=C(C)CN=C(N)NCCN1CC=CCC1.I. The second-order valence-corrected chi connectivity index (χ2v) is 4.15. The smallest absolute Gasteiger partial charge is 0.188 e. The lowest BCUT2D eigenvalue weighted by atomic mass is 10.2. The van der Waals surface area contributed by atoms with Crippen LogP contribution in [0.2, 0.25) is 0 Å². The largest absolute Gasteiger partial charge is 0.370 e. The number of halogens is 1. The van der Waals surface area contributed by atoms with Crippen LogP contribution in [0.4, 0.5) is 0 Å². The van der Waals surface area contributed by atoms with Crippen LogP contribution in [0.1, 0.15) is 13.3 Å². The lowest BCUT2D eigenvalue weighted by Gasteiger charge is -2.22. The van der Waals surface area contributed by atoms with E-state index >= 15 is 0 Å². The van der Waals surface area contributed by atoms with Crippen molar-refractivity contribution in [3.63, 3.8) is 0 Å². The molecule has 0 unspecified atom stereocenters. The average molecular weight is 350 g/mol. The van der Waals surface area contributed by atoms with Gasteiger partial charge < -0.3 is 11.1 Å². The Bertz CT molecular complexity index is 286. The summed E-state index contributed by atoms with van der Waals surface area (Å²) in [6.45, 7) is 10.4. The van der Waals surface area contributed by atoms with Crippen LogP contribution in [0.25, 0.3) is 0 Å². The summed E-state index contributed by atoms with van der Waals surface area (Å²) >= 11 is 0. The maximum atomic E-state index is 5.70. The molecule has 0 aliphatic carbocycles. The lowest BCUT2D eigenvalue weighted by Crippen LogP contribution is -2.39. The van der Waals surface area contributed by atoms with Crippen molar-refractivity contribution in [2.45, 2.75) is 13.3 Å². The molecule has 4 nitrogen and oxygen atoms in total. The van der Waals surface area contributed by atoms with E-state index in [4.69, 9.17) is 5.73 Å². The van der Waals surface area contributed by atoms with E-state index < -0.39 is 0 Å². The van der Waals surface area contributed by atoms with Crippen molar-refractivity contribution in [3.05, 3.63) is 24.3 Å². The van der Waals surface area contributed by atoms with Crippen LogP contribution in [0.15, 0.2) is 29.3 Å². The van der Waals surface area contributed by atoms with Gasteiger partial charge in [-0.05, 0) is 13.3 Å². The van der Waals surface area contributed by atoms with Gasteiger partial charge in [-0.2, -0.15) is 0 Å². The molecule has 0 saturated heterocycles. The number of nitrogens with one attached hydrogen (secondary N) is 1. The Morgan fingerprint density at radius 3 is 2.88 bits per heavy atom. The first-order valence-corrected chi connectivity index (χ1v) is 5.74. The van der Waals surface area contributed by atoms with Crippen molar-refractivity contribution in [2.75, 3.05) is 32.7 Å². The van der Waals surface area contributed by atoms with Crippen molar-refractivity contribution < 1.29 is 0 Å². The number of hydrogen-bond acceptors (Lipinski definition) is 2. The van der Waals surface area contributed by atoms with Crippen molar-refractivity contribution in [3.8, 4) is 0 Å². The van der Waals surface area contributed by atoms with Crippen LogP contribution in [-0.2, 0) is 0 Å². The molecule has 3 N–H and O–H groups in total. The van der Waals surface area contributed by atoms with E-state index in [1.165, 1.54) is 0 Å². The topological polar surface area (TPSA) is 53.6 Å². The molecule has 98 valence electrons. The van der Waals surface area contributed by atoms with Gasteiger partial charge in [0.1, 0.15) is 0 Å². The zero-order valence-electron chi connectivity index (χ0n) is 10.5. The number of nitrogens with zero attached hydrogens (tertiary/aromatic N) is 2. The van der Waals surface area contributed by atoms with Crippen molar-refractivity contribution >= 4 is 29.9 Å². The Hall–Kier alpha value is -0.560. The minimum atomic E-state index is 0. The van der Waals surface area contributed by atoms with Gasteiger partial charge in [0.05, 0.1) is 6.54 Å². The number of guanidine groups is 1. The van der Waals surface area contributed by atoms with Crippen LogP contribution in [0.3, 0.4) is 0 Å². The predicted octanol–water partition coefficient (Wildman–Crippen LogP) is 1.35. The molecule has 0 aromatic heterocycles. The van der Waals surface area contributed by atoms with E-state index in [0.29, 0.717) is 12.5 Å². The van der Waals surface area contributed by atoms with Crippen LogP contribution < -0.4 is 11.1 Å².